The predicted octanol–water partition coefficient (Wildman–Crippen LogP) is 6.04. The second kappa shape index (κ2) is 19.0. The fraction of sp³-hybridized carbons (Fsp3) is 0.565. The molecule has 0 aliphatic carbocycles. The van der Waals surface area contributed by atoms with E-state index in [9.17, 15) is 34.5 Å². The molecule has 0 radical (unpaired) electrons. The number of hydrogen-bond donors (Lipinski definition) is 4. The number of nitrogens with zero attached hydrogens (tertiary/aromatic N) is 3. The average Bonchev–Trinajstić information content (AvgIpc) is 3.56. The summed E-state index contributed by atoms with van der Waals surface area (Å²) in [5.74, 6) is -2.66. The number of carbonyl (C=O) groups excluding carboxylic acids is 4. The number of esters is 1. The highest BCUT2D eigenvalue weighted by atomic mass is 16.5. The Labute approximate surface area is 347 Å². The lowest BCUT2D eigenvalue weighted by molar-refractivity contribution is -0.158. The van der Waals surface area contributed by atoms with Crippen LogP contribution in [0.2, 0.25) is 0 Å². The number of phenolic OH excluding ortho intramolecular Hbond substituents is 2. The van der Waals surface area contributed by atoms with Crippen molar-refractivity contribution in [2.75, 3.05) is 32.1 Å². The number of Topliss-reactive ketones (excluding diaryl/α,β-unsaturated/α-hetero) is 1. The summed E-state index contributed by atoms with van der Waals surface area (Å²) in [6.07, 6.45) is 9.47. The van der Waals surface area contributed by atoms with Crippen LogP contribution in [0.3, 0.4) is 0 Å². The maximum atomic E-state index is 14.5. The number of methoxy groups -OCH3 is 1. The van der Waals surface area contributed by atoms with E-state index in [1.54, 1.807) is 32.1 Å². The van der Waals surface area contributed by atoms with E-state index in [0.717, 1.165) is 19.6 Å². The molecule has 59 heavy (non-hydrogen) atoms. The summed E-state index contributed by atoms with van der Waals surface area (Å²) in [4.78, 5) is 64.8. The topological polar surface area (TPSA) is 187 Å². The molecule has 1 saturated heterocycles. The van der Waals surface area contributed by atoms with E-state index in [4.69, 9.17) is 19.5 Å². The van der Waals surface area contributed by atoms with Gasteiger partial charge in [-0.2, -0.15) is 0 Å². The van der Waals surface area contributed by atoms with Crippen LogP contribution < -0.4 is 20.8 Å². The minimum atomic E-state index is -0.914. The van der Waals surface area contributed by atoms with Gasteiger partial charge in [0.25, 0.3) is 5.91 Å². The number of phenols is 2. The van der Waals surface area contributed by atoms with Gasteiger partial charge in [0.05, 0.1) is 29.5 Å². The number of aliphatic hydroxyl groups is 1. The highest BCUT2D eigenvalue weighted by Gasteiger charge is 2.39. The molecule has 1 spiro atoms. The molecule has 13 nitrogen and oxygen atoms in total. The van der Waals surface area contributed by atoms with Gasteiger partial charge in [-0.15, -0.1) is 0 Å². The van der Waals surface area contributed by atoms with Gasteiger partial charge in [0, 0.05) is 61.3 Å². The third kappa shape index (κ3) is 9.78. The molecule has 2 bridgehead atoms. The molecule has 4 N–H and O–H groups in total. The van der Waals surface area contributed by atoms with Gasteiger partial charge in [-0.05, 0) is 50.4 Å². The van der Waals surface area contributed by atoms with Crippen molar-refractivity contribution in [1.82, 2.24) is 4.90 Å². The third-order valence-electron chi connectivity index (χ3n) is 12.1. The summed E-state index contributed by atoms with van der Waals surface area (Å²) in [5.41, 5.74) is -0.238. The number of amides is 1. The lowest BCUT2D eigenvalue weighted by atomic mass is 9.80. The monoisotopic (exact) mass is 814 g/mol. The van der Waals surface area contributed by atoms with E-state index in [1.807, 2.05) is 39.8 Å². The molecular formula is C46H62N4O9. The molecule has 13 heteroatoms. The van der Waals surface area contributed by atoms with Crippen LogP contribution in [-0.2, 0) is 19.1 Å². The van der Waals surface area contributed by atoms with E-state index < -0.39 is 47.8 Å². The van der Waals surface area contributed by atoms with Gasteiger partial charge in [-0.25, -0.2) is 0 Å². The molecule has 0 saturated carbocycles. The minimum Gasteiger partial charge on any atom is -0.507 e. The Morgan fingerprint density at radius 2 is 1.69 bits per heavy atom. The summed E-state index contributed by atoms with van der Waals surface area (Å²) < 4.78 is 11.6. The molecule has 6 atom stereocenters. The van der Waals surface area contributed by atoms with E-state index >= 15 is 0 Å². The van der Waals surface area contributed by atoms with Crippen LogP contribution >= 0.6 is 0 Å². The molecule has 3 aliphatic heterocycles. The molecule has 3 heterocycles. The summed E-state index contributed by atoms with van der Waals surface area (Å²) in [6.45, 7) is 17.6. The molecule has 320 valence electrons. The van der Waals surface area contributed by atoms with Crippen molar-refractivity contribution in [1.29, 1.82) is 0 Å². The van der Waals surface area contributed by atoms with Crippen LogP contribution in [0.25, 0.3) is 10.8 Å². The Bertz CT molecular complexity index is 2170. The van der Waals surface area contributed by atoms with E-state index in [2.05, 4.69) is 24.1 Å². The Balaban J connectivity index is 1.70. The zero-order chi connectivity index (χ0) is 43.3. The molecule has 1 amide bonds. The van der Waals surface area contributed by atoms with Crippen molar-refractivity contribution >= 4 is 40.4 Å². The smallest absolute Gasteiger partial charge is 0.313 e. The van der Waals surface area contributed by atoms with Gasteiger partial charge in [0.15, 0.2) is 17.2 Å². The molecule has 2 aromatic rings. The van der Waals surface area contributed by atoms with E-state index in [-0.39, 0.29) is 79.8 Å². The zero-order valence-corrected chi connectivity index (χ0v) is 36.0. The lowest BCUT2D eigenvalue weighted by Crippen LogP contribution is -2.43. The van der Waals surface area contributed by atoms with Crippen LogP contribution in [0.15, 0.2) is 45.9 Å². The van der Waals surface area contributed by atoms with Gasteiger partial charge in [0.1, 0.15) is 41.4 Å². The van der Waals surface area contributed by atoms with Crippen molar-refractivity contribution in [2.24, 2.45) is 39.6 Å². The number of hydrogen-bond acceptors (Lipinski definition) is 12. The van der Waals surface area contributed by atoms with Crippen LogP contribution in [0.1, 0.15) is 103 Å². The summed E-state index contributed by atoms with van der Waals surface area (Å²) in [7, 11) is 1.41. The number of carbonyl (C=O) groups is 4. The Morgan fingerprint density at radius 3 is 2.34 bits per heavy atom. The molecule has 0 unspecified atom stereocenters. The Kier molecular flexibility index (Phi) is 14.6. The number of aromatic hydroxyl groups is 2. The normalized spacial score (nSPS) is 27.7. The first kappa shape index (κ1) is 45.2. The predicted molar refractivity (Wildman–Crippen MR) is 226 cm³/mol. The van der Waals surface area contributed by atoms with E-state index in [1.165, 1.54) is 7.11 Å². The number of nitrogens with one attached hydrogen (secondary N) is 1. The van der Waals surface area contributed by atoms with Crippen molar-refractivity contribution < 1.29 is 44.0 Å². The number of allylic oxidation sites excluding steroid dienone is 5. The SMILES string of the molecule is COc1c(C)c(O)c2c(O)c3c4c(c2c1C(=O)C/C=C/C[C@@H](C)[C@@H](OC(=O)CC=O)[C@H](C)[C@H](O)[C@H](C)C[C@@H](C)/C=C/C=C(/C)C(=O)N3)=NC1(CCN(CC(C)C)CC1)N=4. The minimum absolute atomic E-state index is 0.00120. The summed E-state index contributed by atoms with van der Waals surface area (Å²) in [6, 6.07) is 0. The fourth-order valence-corrected chi connectivity index (χ4v) is 8.85. The highest BCUT2D eigenvalue weighted by Crippen LogP contribution is 2.45. The van der Waals surface area contributed by atoms with Gasteiger partial charge < -0.3 is 39.8 Å². The number of aliphatic hydroxyl groups excluding tert-OH is 1. The number of ether oxygens (including phenoxy) is 2. The number of piperidine rings is 1. The van der Waals surface area contributed by atoms with E-state index in [0.29, 0.717) is 43.5 Å². The fourth-order valence-electron chi connectivity index (χ4n) is 8.85. The van der Waals surface area contributed by atoms with Crippen LogP contribution in [0.4, 0.5) is 5.69 Å². The third-order valence-corrected chi connectivity index (χ3v) is 12.1. The first-order chi connectivity index (χ1) is 27.9. The molecule has 2 aromatic carbocycles. The number of likely N-dealkylation sites (tertiary alicyclic amines) is 1. The largest absolute Gasteiger partial charge is 0.507 e. The molecular weight excluding hydrogens is 753 g/mol. The van der Waals surface area contributed by atoms with Crippen LogP contribution in [0.5, 0.6) is 17.2 Å². The number of aldehydes is 1. The lowest BCUT2D eigenvalue weighted by Gasteiger charge is -2.36. The molecule has 1 fully saturated rings. The van der Waals surface area contributed by atoms with Crippen LogP contribution in [-0.4, -0.2) is 88.8 Å². The van der Waals surface area contributed by atoms with Gasteiger partial charge >= 0.3 is 5.97 Å². The zero-order valence-electron chi connectivity index (χ0n) is 36.0. The standard InChI is InChI=1S/C46H62N4O9/c1-25(2)24-50-20-18-46(19-21-50)48-37-35-34-32(52)16-11-10-14-27(4)43(59-33(53)17-22-51)30(7)40(54)29(6)23-26(3)13-12-15-28(5)45(57)47-39(38(37)49-46)42(56)36(35)41(55)31(8)44(34)58-9/h10-13,15,22,25-27,29-30,40,43,54-56H,14,16-21,23-24H2,1-9H3,(H,47,57)/b11-10+,13-12+,28-15-/t26-,27+,29+,30+,40+,43+/m0/s1. The van der Waals surface area contributed by atoms with Gasteiger partial charge in [0.2, 0.25) is 0 Å². The second-order valence-corrected chi connectivity index (χ2v) is 17.3. The summed E-state index contributed by atoms with van der Waals surface area (Å²) >= 11 is 0. The average molecular weight is 815 g/mol. The number of rotatable bonds is 6. The van der Waals surface area contributed by atoms with Crippen molar-refractivity contribution in [3.05, 3.63) is 57.8 Å². The second-order valence-electron chi connectivity index (χ2n) is 17.3. The van der Waals surface area contributed by atoms with Crippen LogP contribution in [0, 0.1) is 36.5 Å². The van der Waals surface area contributed by atoms with Crippen molar-refractivity contribution in [2.45, 2.75) is 112 Å². The molecule has 0 aromatic heterocycles. The summed E-state index contributed by atoms with van der Waals surface area (Å²) in [5, 5.41) is 38.9. The first-order valence-electron chi connectivity index (χ1n) is 20.9. The quantitative estimate of drug-likeness (QED) is 0.0881. The number of ketones is 1. The maximum Gasteiger partial charge on any atom is 0.313 e. The van der Waals surface area contributed by atoms with Gasteiger partial charge in [-0.3, -0.25) is 24.4 Å². The number of anilines is 1. The number of benzene rings is 2. The first-order valence-corrected chi connectivity index (χ1v) is 20.9. The Hall–Kier alpha value is -4.88. The molecule has 3 aliphatic rings. The Morgan fingerprint density at radius 1 is 1.02 bits per heavy atom. The van der Waals surface area contributed by atoms with Crippen molar-refractivity contribution in [3.8, 4) is 17.2 Å². The molecule has 5 rings (SSSR count). The maximum absolute atomic E-state index is 14.5. The van der Waals surface area contributed by atoms with Gasteiger partial charge in [-0.1, -0.05) is 71.9 Å². The van der Waals surface area contributed by atoms with Crippen molar-refractivity contribution in [3.63, 3.8) is 0 Å². The highest BCUT2D eigenvalue weighted by molar-refractivity contribution is 6.16.